The van der Waals surface area contributed by atoms with Crippen molar-refractivity contribution in [3.05, 3.63) is 72.7 Å². The van der Waals surface area contributed by atoms with E-state index in [1.54, 1.807) is 35.2 Å². The lowest BCUT2D eigenvalue weighted by molar-refractivity contribution is -0.274. The second kappa shape index (κ2) is 11.2. The molecule has 4 rings (SSSR count). The van der Waals surface area contributed by atoms with Gasteiger partial charge in [0.25, 0.3) is 0 Å². The summed E-state index contributed by atoms with van der Waals surface area (Å²) < 4.78 is 53.7. The Bertz CT molecular complexity index is 1360. The van der Waals surface area contributed by atoms with Crippen molar-refractivity contribution in [1.29, 1.82) is 0 Å². The van der Waals surface area contributed by atoms with Crippen molar-refractivity contribution in [2.75, 3.05) is 27.2 Å². The monoisotopic (exact) mass is 515 g/mol. The molecular weight excluding hydrogens is 491 g/mol. The second-order valence-electron chi connectivity index (χ2n) is 8.23. The average molecular weight is 515 g/mol. The van der Waals surface area contributed by atoms with Gasteiger partial charge in [-0.25, -0.2) is 14.8 Å². The Morgan fingerprint density at radius 2 is 1.81 bits per heavy atom. The van der Waals surface area contributed by atoms with Crippen molar-refractivity contribution in [2.45, 2.75) is 13.0 Å². The number of carbonyl (C=O) groups excluding carboxylic acids is 1. The maximum absolute atomic E-state index is 12.3. The van der Waals surface area contributed by atoms with E-state index in [1.165, 1.54) is 30.5 Å². The van der Waals surface area contributed by atoms with E-state index < -0.39 is 12.5 Å². The largest absolute Gasteiger partial charge is 0.573 e. The van der Waals surface area contributed by atoms with Crippen molar-refractivity contribution < 1.29 is 32.2 Å². The molecule has 0 aliphatic heterocycles. The number of hydrogen-bond donors (Lipinski definition) is 1. The zero-order valence-electron chi connectivity index (χ0n) is 20.0. The van der Waals surface area contributed by atoms with E-state index in [1.807, 2.05) is 25.1 Å². The van der Waals surface area contributed by atoms with E-state index in [0.717, 1.165) is 5.69 Å². The summed E-state index contributed by atoms with van der Waals surface area (Å²) in [5, 5.41) is 2.66. The summed E-state index contributed by atoms with van der Waals surface area (Å²) in [5.74, 6) is 0.518. The number of nitrogens with one attached hydrogen (secondary N) is 1. The van der Waals surface area contributed by atoms with E-state index in [4.69, 9.17) is 9.47 Å². The SMILES string of the molecule is CN(C)CCNC(=O)Oc1cnc2c(c1)ncn2-c1cccc(OCc2ccc(OC(F)(F)F)cc2)c1. The fourth-order valence-corrected chi connectivity index (χ4v) is 3.33. The summed E-state index contributed by atoms with van der Waals surface area (Å²) in [7, 11) is 3.81. The Balaban J connectivity index is 1.40. The second-order valence-corrected chi connectivity index (χ2v) is 8.23. The molecule has 2 aromatic carbocycles. The predicted molar refractivity (Wildman–Crippen MR) is 129 cm³/mol. The average Bonchev–Trinajstić information content (AvgIpc) is 3.26. The molecule has 0 aliphatic rings. The Hall–Kier alpha value is -4.32. The summed E-state index contributed by atoms with van der Waals surface area (Å²) in [6.45, 7) is 1.28. The molecule has 12 heteroatoms. The molecule has 2 heterocycles. The van der Waals surface area contributed by atoms with Crippen molar-refractivity contribution >= 4 is 17.3 Å². The molecule has 0 saturated heterocycles. The fourth-order valence-electron chi connectivity index (χ4n) is 3.33. The number of halogens is 3. The van der Waals surface area contributed by atoms with Crippen LogP contribution >= 0.6 is 0 Å². The molecule has 0 radical (unpaired) electrons. The number of rotatable bonds is 9. The van der Waals surface area contributed by atoms with Crippen LogP contribution in [0, 0.1) is 0 Å². The molecule has 4 aromatic rings. The first kappa shape index (κ1) is 25.8. The number of nitrogens with zero attached hydrogens (tertiary/aromatic N) is 4. The predicted octanol–water partition coefficient (Wildman–Crippen LogP) is 4.55. The van der Waals surface area contributed by atoms with Crippen LogP contribution < -0.4 is 19.5 Å². The Kier molecular flexibility index (Phi) is 7.77. The third kappa shape index (κ3) is 7.34. The van der Waals surface area contributed by atoms with Gasteiger partial charge in [0.1, 0.15) is 29.9 Å². The number of pyridine rings is 1. The molecule has 0 saturated carbocycles. The minimum absolute atomic E-state index is 0.149. The van der Waals surface area contributed by atoms with Crippen LogP contribution in [0.15, 0.2) is 67.1 Å². The fraction of sp³-hybridized carbons (Fsp3) is 0.240. The van der Waals surface area contributed by atoms with Gasteiger partial charge in [-0.05, 0) is 43.9 Å². The van der Waals surface area contributed by atoms with Crippen LogP contribution in [-0.4, -0.2) is 59.1 Å². The van der Waals surface area contributed by atoms with Gasteiger partial charge in [-0.2, -0.15) is 0 Å². The maximum Gasteiger partial charge on any atom is 0.573 e. The zero-order chi connectivity index (χ0) is 26.4. The molecule has 0 bridgehead atoms. The quantitative estimate of drug-likeness (QED) is 0.350. The molecule has 194 valence electrons. The smallest absolute Gasteiger partial charge is 0.489 e. The van der Waals surface area contributed by atoms with Crippen LogP contribution in [0.3, 0.4) is 0 Å². The van der Waals surface area contributed by atoms with Crippen molar-refractivity contribution in [3.8, 4) is 22.9 Å². The lowest BCUT2D eigenvalue weighted by atomic mass is 10.2. The lowest BCUT2D eigenvalue weighted by Crippen LogP contribution is -2.33. The summed E-state index contributed by atoms with van der Waals surface area (Å²) >= 11 is 0. The van der Waals surface area contributed by atoms with Crippen LogP contribution in [-0.2, 0) is 6.61 Å². The maximum atomic E-state index is 12.3. The van der Waals surface area contributed by atoms with E-state index in [0.29, 0.717) is 35.6 Å². The third-order valence-corrected chi connectivity index (χ3v) is 5.06. The standard InChI is InChI=1S/C25H24F3N5O4/c1-32(2)11-10-29-24(34)36-21-13-22-23(30-14-21)33(16-31-22)18-4-3-5-20(12-18)35-15-17-6-8-19(9-7-17)37-25(26,27)28/h3-9,12-14,16H,10-11,15H2,1-2H3,(H,29,34). The molecule has 0 unspecified atom stereocenters. The number of benzene rings is 2. The number of ether oxygens (including phenoxy) is 3. The first-order valence-corrected chi connectivity index (χ1v) is 11.2. The van der Waals surface area contributed by atoms with E-state index in [-0.39, 0.29) is 18.1 Å². The number of imidazole rings is 1. The van der Waals surface area contributed by atoms with E-state index in [2.05, 4.69) is 20.0 Å². The summed E-state index contributed by atoms with van der Waals surface area (Å²) in [6, 6.07) is 14.3. The number of hydrogen-bond acceptors (Lipinski definition) is 7. The van der Waals surface area contributed by atoms with Gasteiger partial charge in [0.15, 0.2) is 11.4 Å². The molecule has 0 spiro atoms. The van der Waals surface area contributed by atoms with Gasteiger partial charge in [-0.1, -0.05) is 18.2 Å². The molecule has 1 N–H and O–H groups in total. The van der Waals surface area contributed by atoms with Crippen LogP contribution in [0.4, 0.5) is 18.0 Å². The highest BCUT2D eigenvalue weighted by Gasteiger charge is 2.30. The Morgan fingerprint density at radius 1 is 1.03 bits per heavy atom. The molecular formula is C25H24F3N5O4. The van der Waals surface area contributed by atoms with Gasteiger partial charge in [0.2, 0.25) is 0 Å². The van der Waals surface area contributed by atoms with Crippen molar-refractivity contribution in [2.24, 2.45) is 0 Å². The van der Waals surface area contributed by atoms with Gasteiger partial charge in [0.05, 0.1) is 11.9 Å². The molecule has 9 nitrogen and oxygen atoms in total. The zero-order valence-corrected chi connectivity index (χ0v) is 20.0. The third-order valence-electron chi connectivity index (χ3n) is 5.06. The van der Waals surface area contributed by atoms with Crippen LogP contribution in [0.1, 0.15) is 5.56 Å². The van der Waals surface area contributed by atoms with E-state index >= 15 is 0 Å². The van der Waals surface area contributed by atoms with Gasteiger partial charge in [-0.15, -0.1) is 13.2 Å². The first-order chi connectivity index (χ1) is 17.7. The van der Waals surface area contributed by atoms with Crippen molar-refractivity contribution in [3.63, 3.8) is 0 Å². The number of fused-ring (bicyclic) bond motifs is 1. The molecule has 0 fully saturated rings. The first-order valence-electron chi connectivity index (χ1n) is 11.2. The number of amides is 1. The van der Waals surface area contributed by atoms with Gasteiger partial charge in [0, 0.05) is 25.2 Å². The normalized spacial score (nSPS) is 11.5. The van der Waals surface area contributed by atoms with Gasteiger partial charge < -0.3 is 24.4 Å². The minimum atomic E-state index is -4.74. The number of carbonyl (C=O) groups is 1. The molecule has 37 heavy (non-hydrogen) atoms. The topological polar surface area (TPSA) is 90.7 Å². The highest BCUT2D eigenvalue weighted by Crippen LogP contribution is 2.25. The number of likely N-dealkylation sites (N-methyl/N-ethyl adjacent to an activating group) is 1. The van der Waals surface area contributed by atoms with Crippen LogP contribution in [0.5, 0.6) is 17.2 Å². The minimum Gasteiger partial charge on any atom is -0.489 e. The lowest BCUT2D eigenvalue weighted by Gasteiger charge is -2.11. The highest BCUT2D eigenvalue weighted by atomic mass is 19.4. The van der Waals surface area contributed by atoms with Gasteiger partial charge >= 0.3 is 12.5 Å². The molecule has 1 amide bonds. The van der Waals surface area contributed by atoms with Crippen molar-refractivity contribution in [1.82, 2.24) is 24.8 Å². The summed E-state index contributed by atoms with van der Waals surface area (Å²) in [4.78, 5) is 22.6. The Morgan fingerprint density at radius 3 is 2.54 bits per heavy atom. The molecule has 0 atom stereocenters. The molecule has 0 aliphatic carbocycles. The number of aromatic nitrogens is 3. The van der Waals surface area contributed by atoms with E-state index in [9.17, 15) is 18.0 Å². The summed E-state index contributed by atoms with van der Waals surface area (Å²) in [5.41, 5.74) is 2.49. The Labute approximate surface area is 210 Å². The van der Waals surface area contributed by atoms with Crippen LogP contribution in [0.2, 0.25) is 0 Å². The molecule has 2 aromatic heterocycles. The van der Waals surface area contributed by atoms with Gasteiger partial charge in [-0.3, -0.25) is 4.57 Å². The number of alkyl halides is 3. The summed E-state index contributed by atoms with van der Waals surface area (Å²) in [6.07, 6.45) is -2.27. The highest BCUT2D eigenvalue weighted by molar-refractivity contribution is 5.76. The van der Waals surface area contributed by atoms with Crippen LogP contribution in [0.25, 0.3) is 16.9 Å².